The second kappa shape index (κ2) is 17.2. The molecule has 2 rings (SSSR count). The van der Waals surface area contributed by atoms with Crippen molar-refractivity contribution in [2.24, 2.45) is 0 Å². The Bertz CT molecular complexity index is 638. The van der Waals surface area contributed by atoms with Crippen molar-refractivity contribution in [3.63, 3.8) is 0 Å². The van der Waals surface area contributed by atoms with E-state index in [0.717, 1.165) is 34.0 Å². The molecule has 0 saturated carbocycles. The van der Waals surface area contributed by atoms with Crippen LogP contribution in [0.3, 0.4) is 0 Å². The summed E-state index contributed by atoms with van der Waals surface area (Å²) in [7, 11) is 3.77. The van der Waals surface area contributed by atoms with Gasteiger partial charge in [-0.2, -0.15) is 4.91 Å². The van der Waals surface area contributed by atoms with Crippen LogP contribution >= 0.6 is 0 Å². The van der Waals surface area contributed by atoms with E-state index < -0.39 is 0 Å². The van der Waals surface area contributed by atoms with E-state index in [9.17, 15) is 0 Å². The summed E-state index contributed by atoms with van der Waals surface area (Å²) >= 11 is 4.84. The largest absolute Gasteiger partial charge is 1.00 e. The van der Waals surface area contributed by atoms with Crippen molar-refractivity contribution in [3.05, 3.63) is 72.2 Å². The van der Waals surface area contributed by atoms with Crippen molar-refractivity contribution in [1.29, 1.82) is 0 Å². The van der Waals surface area contributed by atoms with Crippen molar-refractivity contribution >= 4 is 35.8 Å². The van der Waals surface area contributed by atoms with E-state index >= 15 is 0 Å². The summed E-state index contributed by atoms with van der Waals surface area (Å²) in [5, 5.41) is 6.05. The summed E-state index contributed by atoms with van der Waals surface area (Å²) in [6.07, 6.45) is 2.82. The third-order valence-electron chi connectivity index (χ3n) is 3.52. The predicted molar refractivity (Wildman–Crippen MR) is 121 cm³/mol. The monoisotopic (exact) mass is 410 g/mol. The topological polar surface area (TPSA) is 76.1 Å². The van der Waals surface area contributed by atoms with Crippen LogP contribution in [0.2, 0.25) is 0 Å². The fourth-order valence-electron chi connectivity index (χ4n) is 1.87. The zero-order chi connectivity index (χ0) is 19.9. The molecule has 0 aliphatic heterocycles. The molecule has 0 amide bonds. The Kier molecular flexibility index (Phi) is 18.1. The van der Waals surface area contributed by atoms with Crippen LogP contribution in [0.15, 0.2) is 66.6 Å². The minimum Gasteiger partial charge on any atom is -0.783 e. The maximum Gasteiger partial charge on any atom is 1.00 e. The summed E-state index contributed by atoms with van der Waals surface area (Å²) in [5.41, 5.74) is 14.7. The van der Waals surface area contributed by atoms with Crippen molar-refractivity contribution in [2.75, 3.05) is 30.9 Å². The number of hydrogen-bond acceptors (Lipinski definition) is 5. The molecular weight excluding hydrogens is 379 g/mol. The molecule has 0 bridgehead atoms. The fraction of sp³-hybridized carbons (Fsp3) is 0.238. The molecule has 0 radical (unpaired) electrons. The standard InChI is InChI=1S/C8H9N.C7H10N2.C6H13NS.K/c1-2-7-3-5-8(9)6-4-7;1-9-7-4-2-6(8)3-5-7;1-4-6(7-3)5(2)8;/h2-6H,1,9H2;2-5,9H,8H2,1H3;6-8H,2,4H2,1,3H3;/q;;;+1/p-1. The summed E-state index contributed by atoms with van der Waals surface area (Å²) in [6, 6.07) is 15.5. The molecule has 0 fully saturated rings. The Morgan fingerprint density at radius 3 is 1.74 bits per heavy atom. The molecule has 6 heteroatoms. The third kappa shape index (κ3) is 13.9. The Labute approximate surface area is 212 Å². The minimum atomic E-state index is 0. The summed E-state index contributed by atoms with van der Waals surface area (Å²) in [5.74, 6) is 0. The van der Waals surface area contributed by atoms with E-state index in [-0.39, 0.29) is 51.4 Å². The molecule has 0 aliphatic rings. The molecule has 6 N–H and O–H groups in total. The van der Waals surface area contributed by atoms with Crippen LogP contribution in [0.4, 0.5) is 17.1 Å². The first-order valence-electron chi connectivity index (χ1n) is 8.42. The summed E-state index contributed by atoms with van der Waals surface area (Å²) < 4.78 is 0. The minimum absolute atomic E-state index is 0. The van der Waals surface area contributed by atoms with Gasteiger partial charge in [-0.1, -0.05) is 31.7 Å². The van der Waals surface area contributed by atoms with Crippen molar-refractivity contribution in [1.82, 2.24) is 5.32 Å². The molecule has 142 valence electrons. The van der Waals surface area contributed by atoms with Gasteiger partial charge >= 0.3 is 51.4 Å². The van der Waals surface area contributed by atoms with Crippen LogP contribution in [-0.2, 0) is 12.6 Å². The first kappa shape index (κ1) is 28.3. The number of rotatable bonds is 5. The molecular formula is C21H31KN4S. The molecule has 0 spiro atoms. The SMILES string of the molecule is C=C([S-])C(CC)NC.C=Cc1ccc(N)cc1.CNc1ccc(N)cc1.[K+]. The third-order valence-corrected chi connectivity index (χ3v) is 3.80. The molecule has 0 aliphatic carbocycles. The predicted octanol–water partition coefficient (Wildman–Crippen LogP) is 1.27. The van der Waals surface area contributed by atoms with Crippen LogP contribution in [-0.4, -0.2) is 20.1 Å². The number of nitrogens with one attached hydrogen (secondary N) is 2. The fourth-order valence-corrected chi connectivity index (χ4v) is 2.16. The molecule has 0 aromatic heterocycles. The first-order valence-corrected chi connectivity index (χ1v) is 8.83. The van der Waals surface area contributed by atoms with Crippen molar-refractivity contribution in [2.45, 2.75) is 19.4 Å². The van der Waals surface area contributed by atoms with E-state index in [1.165, 1.54) is 0 Å². The maximum absolute atomic E-state index is 5.45. The van der Waals surface area contributed by atoms with E-state index in [1.54, 1.807) is 6.08 Å². The van der Waals surface area contributed by atoms with Crippen LogP contribution in [0.1, 0.15) is 18.9 Å². The van der Waals surface area contributed by atoms with Gasteiger partial charge in [0.05, 0.1) is 0 Å². The van der Waals surface area contributed by atoms with Gasteiger partial charge in [0.2, 0.25) is 0 Å². The Morgan fingerprint density at radius 1 is 1.04 bits per heavy atom. The van der Waals surface area contributed by atoms with Crippen LogP contribution in [0, 0.1) is 0 Å². The average Bonchev–Trinajstić information content (AvgIpc) is 2.65. The second-order valence-electron chi connectivity index (χ2n) is 5.46. The van der Waals surface area contributed by atoms with Gasteiger partial charge in [0, 0.05) is 30.2 Å². The quantitative estimate of drug-likeness (QED) is 0.339. The molecule has 4 nitrogen and oxygen atoms in total. The van der Waals surface area contributed by atoms with Gasteiger partial charge in [-0.15, -0.1) is 6.58 Å². The van der Waals surface area contributed by atoms with Crippen LogP contribution in [0.25, 0.3) is 6.08 Å². The maximum atomic E-state index is 5.45. The summed E-state index contributed by atoms with van der Waals surface area (Å²) in [6.45, 7) is 9.35. The second-order valence-corrected chi connectivity index (χ2v) is 5.98. The molecule has 2 aromatic rings. The molecule has 27 heavy (non-hydrogen) atoms. The molecule has 1 unspecified atom stereocenters. The number of nitrogens with two attached hydrogens (primary N) is 2. The van der Waals surface area contributed by atoms with Gasteiger partial charge in [0.15, 0.2) is 0 Å². The van der Waals surface area contributed by atoms with Gasteiger partial charge in [0.25, 0.3) is 0 Å². The van der Waals surface area contributed by atoms with Gasteiger partial charge < -0.3 is 34.7 Å². The molecule has 2 aromatic carbocycles. The molecule has 1 atom stereocenters. The van der Waals surface area contributed by atoms with Gasteiger partial charge in [-0.05, 0) is 55.4 Å². The van der Waals surface area contributed by atoms with E-state index in [4.69, 9.17) is 24.1 Å². The number of nitrogen functional groups attached to an aromatic ring is 2. The average molecular weight is 411 g/mol. The number of hydrogen-bond donors (Lipinski definition) is 4. The Balaban J connectivity index is 0. The van der Waals surface area contributed by atoms with Gasteiger partial charge in [0.1, 0.15) is 0 Å². The Morgan fingerprint density at radius 2 is 1.48 bits per heavy atom. The van der Waals surface area contributed by atoms with Crippen LogP contribution < -0.4 is 73.5 Å². The normalized spacial score (nSPS) is 9.89. The van der Waals surface area contributed by atoms with Gasteiger partial charge in [-0.3, -0.25) is 0 Å². The van der Waals surface area contributed by atoms with Crippen molar-refractivity contribution in [3.8, 4) is 0 Å². The van der Waals surface area contributed by atoms with E-state index in [2.05, 4.69) is 30.7 Å². The Hall–Kier alpha value is -0.864. The zero-order valence-corrected chi connectivity index (χ0v) is 20.9. The van der Waals surface area contributed by atoms with E-state index in [1.807, 2.05) is 62.6 Å². The number of benzene rings is 2. The van der Waals surface area contributed by atoms with E-state index in [0.29, 0.717) is 6.04 Å². The van der Waals surface area contributed by atoms with Crippen LogP contribution in [0.5, 0.6) is 0 Å². The number of anilines is 3. The van der Waals surface area contributed by atoms with Crippen molar-refractivity contribution < 1.29 is 51.4 Å². The van der Waals surface area contributed by atoms with Gasteiger partial charge in [-0.25, -0.2) is 0 Å². The molecule has 0 heterocycles. The molecule has 0 saturated heterocycles. The summed E-state index contributed by atoms with van der Waals surface area (Å²) in [4.78, 5) is 0.801. The number of likely N-dealkylation sites (N-methyl/N-ethyl adjacent to an activating group) is 1. The zero-order valence-electron chi connectivity index (χ0n) is 17.0. The smallest absolute Gasteiger partial charge is 0.783 e. The first-order chi connectivity index (χ1) is 12.4.